The van der Waals surface area contributed by atoms with Crippen molar-refractivity contribution in [2.45, 2.75) is 19.5 Å². The van der Waals surface area contributed by atoms with Crippen molar-refractivity contribution in [3.05, 3.63) is 54.4 Å². The van der Waals surface area contributed by atoms with Gasteiger partial charge in [0.1, 0.15) is 0 Å². The number of aliphatic imine (C=N–C) groups is 1. The second kappa shape index (κ2) is 10.0. The Kier molecular flexibility index (Phi) is 7.33. The predicted octanol–water partition coefficient (Wildman–Crippen LogP) is 0.755. The van der Waals surface area contributed by atoms with Crippen LogP contribution in [0.25, 0.3) is 0 Å². The number of aryl methyl sites for hydroxylation is 1. The Morgan fingerprint density at radius 3 is 2.71 bits per heavy atom. The molecule has 0 fully saturated rings. The van der Waals surface area contributed by atoms with Gasteiger partial charge in [-0.1, -0.05) is 30.3 Å². The van der Waals surface area contributed by atoms with Gasteiger partial charge in [0.05, 0.1) is 6.54 Å². The zero-order valence-electron chi connectivity index (χ0n) is 13.9. The Morgan fingerprint density at radius 1 is 1.17 bits per heavy atom. The van der Waals surface area contributed by atoms with Gasteiger partial charge < -0.3 is 16.0 Å². The van der Waals surface area contributed by atoms with Gasteiger partial charge in [0.15, 0.2) is 5.96 Å². The maximum absolute atomic E-state index is 11.9. The van der Waals surface area contributed by atoms with Crippen LogP contribution in [0.15, 0.2) is 53.8 Å². The lowest BCUT2D eigenvalue weighted by atomic mass is 10.2. The van der Waals surface area contributed by atoms with E-state index in [-0.39, 0.29) is 12.5 Å². The van der Waals surface area contributed by atoms with Gasteiger partial charge in [0, 0.05) is 39.1 Å². The molecule has 0 aliphatic rings. The predicted molar refractivity (Wildman–Crippen MR) is 94.5 cm³/mol. The highest BCUT2D eigenvalue weighted by Crippen LogP contribution is 1.96. The summed E-state index contributed by atoms with van der Waals surface area (Å²) in [6, 6.07) is 11.7. The van der Waals surface area contributed by atoms with Crippen LogP contribution < -0.4 is 16.0 Å². The Morgan fingerprint density at radius 2 is 2.00 bits per heavy atom. The van der Waals surface area contributed by atoms with E-state index in [0.29, 0.717) is 12.5 Å². The van der Waals surface area contributed by atoms with Crippen molar-refractivity contribution in [3.63, 3.8) is 0 Å². The third-order valence-electron chi connectivity index (χ3n) is 3.39. The molecule has 1 amide bonds. The first-order valence-electron chi connectivity index (χ1n) is 8.00. The van der Waals surface area contributed by atoms with Crippen molar-refractivity contribution in [2.75, 3.05) is 20.1 Å². The lowest BCUT2D eigenvalue weighted by Gasteiger charge is -2.12. The molecule has 1 heterocycles. The Balaban J connectivity index is 1.59. The fourth-order valence-corrected chi connectivity index (χ4v) is 2.12. The van der Waals surface area contributed by atoms with E-state index in [0.717, 1.165) is 25.1 Å². The quantitative estimate of drug-likeness (QED) is 0.379. The minimum absolute atomic E-state index is 0.0710. The number of hydrogen-bond donors (Lipinski definition) is 3. The van der Waals surface area contributed by atoms with Crippen molar-refractivity contribution < 1.29 is 4.79 Å². The van der Waals surface area contributed by atoms with Crippen molar-refractivity contribution >= 4 is 11.9 Å². The summed E-state index contributed by atoms with van der Waals surface area (Å²) in [5.41, 5.74) is 1.08. The molecular weight excluding hydrogens is 304 g/mol. The lowest BCUT2D eigenvalue weighted by molar-refractivity contribution is -0.120. The fourth-order valence-electron chi connectivity index (χ4n) is 2.12. The summed E-state index contributed by atoms with van der Waals surface area (Å²) in [5.74, 6) is 0.545. The molecule has 0 spiro atoms. The average Bonchev–Trinajstić information content (AvgIpc) is 3.13. The molecule has 0 aliphatic carbocycles. The monoisotopic (exact) mass is 328 g/mol. The summed E-state index contributed by atoms with van der Waals surface area (Å²) in [6.45, 7) is 2.31. The molecule has 24 heavy (non-hydrogen) atoms. The lowest BCUT2D eigenvalue weighted by Crippen LogP contribution is -2.43. The van der Waals surface area contributed by atoms with E-state index < -0.39 is 0 Å². The van der Waals surface area contributed by atoms with E-state index in [9.17, 15) is 4.79 Å². The zero-order valence-corrected chi connectivity index (χ0v) is 13.9. The fraction of sp³-hybridized carbons (Fsp3) is 0.353. The maximum atomic E-state index is 11.9. The van der Waals surface area contributed by atoms with Crippen molar-refractivity contribution in [2.24, 2.45) is 4.99 Å². The summed E-state index contributed by atoms with van der Waals surface area (Å²) in [6.07, 6.45) is 4.62. The third kappa shape index (κ3) is 6.51. The number of benzene rings is 1. The van der Waals surface area contributed by atoms with E-state index in [1.54, 1.807) is 13.2 Å². The molecule has 0 unspecified atom stereocenters. The number of guanidine groups is 1. The molecule has 1 aromatic carbocycles. The molecule has 0 atom stereocenters. The van der Waals surface area contributed by atoms with Gasteiger partial charge in [-0.2, -0.15) is 5.10 Å². The number of aromatic nitrogens is 2. The molecule has 7 nitrogen and oxygen atoms in total. The third-order valence-corrected chi connectivity index (χ3v) is 3.39. The van der Waals surface area contributed by atoms with Crippen molar-refractivity contribution in [3.8, 4) is 0 Å². The van der Waals surface area contributed by atoms with Crippen molar-refractivity contribution in [1.82, 2.24) is 25.7 Å². The number of carbonyl (C=O) groups excluding carboxylic acids is 1. The molecule has 7 heteroatoms. The van der Waals surface area contributed by atoms with Gasteiger partial charge in [-0.05, 0) is 18.1 Å². The topological polar surface area (TPSA) is 83.3 Å². The number of nitrogens with one attached hydrogen (secondary N) is 3. The smallest absolute Gasteiger partial charge is 0.239 e. The molecule has 0 aliphatic heterocycles. The minimum Gasteiger partial charge on any atom is -0.356 e. The van der Waals surface area contributed by atoms with Gasteiger partial charge >= 0.3 is 0 Å². The summed E-state index contributed by atoms with van der Waals surface area (Å²) in [7, 11) is 1.69. The van der Waals surface area contributed by atoms with Crippen molar-refractivity contribution in [1.29, 1.82) is 0 Å². The van der Waals surface area contributed by atoms with Crippen LogP contribution in [-0.2, 0) is 17.9 Å². The van der Waals surface area contributed by atoms with Crippen LogP contribution in [0.1, 0.15) is 12.0 Å². The molecule has 2 rings (SSSR count). The molecular formula is C17H24N6O. The number of nitrogens with zero attached hydrogens (tertiary/aromatic N) is 3. The number of hydrogen-bond acceptors (Lipinski definition) is 3. The van der Waals surface area contributed by atoms with Gasteiger partial charge in [-0.3, -0.25) is 14.5 Å². The molecule has 0 bridgehead atoms. The normalized spacial score (nSPS) is 11.1. The highest BCUT2D eigenvalue weighted by molar-refractivity contribution is 5.86. The highest BCUT2D eigenvalue weighted by atomic mass is 16.1. The van der Waals surface area contributed by atoms with Gasteiger partial charge in [-0.15, -0.1) is 0 Å². The van der Waals surface area contributed by atoms with Crippen LogP contribution >= 0.6 is 0 Å². The first kappa shape index (κ1) is 17.5. The molecule has 2 aromatic rings. The highest BCUT2D eigenvalue weighted by Gasteiger charge is 2.03. The Hall–Kier alpha value is -2.83. The van der Waals surface area contributed by atoms with Crippen LogP contribution in [0.5, 0.6) is 0 Å². The summed E-state index contributed by atoms with van der Waals surface area (Å²) < 4.78 is 1.88. The minimum atomic E-state index is -0.0710. The summed E-state index contributed by atoms with van der Waals surface area (Å²) in [4.78, 5) is 16.0. The number of rotatable bonds is 8. The molecule has 0 radical (unpaired) electrons. The van der Waals surface area contributed by atoms with E-state index in [1.807, 2.05) is 47.3 Å². The molecule has 0 saturated carbocycles. The Bertz CT molecular complexity index is 624. The van der Waals surface area contributed by atoms with E-state index in [1.165, 1.54) is 0 Å². The SMILES string of the molecule is CN=C(NCCCn1cccn1)NCC(=O)NCc1ccccc1. The van der Waals surface area contributed by atoms with E-state index in [4.69, 9.17) is 0 Å². The van der Waals surface area contributed by atoms with Gasteiger partial charge in [0.2, 0.25) is 5.91 Å². The van der Waals surface area contributed by atoms with Crippen LogP contribution in [0, 0.1) is 0 Å². The van der Waals surface area contributed by atoms with Crippen LogP contribution in [0.3, 0.4) is 0 Å². The molecule has 128 valence electrons. The molecule has 3 N–H and O–H groups in total. The summed E-state index contributed by atoms with van der Waals surface area (Å²) >= 11 is 0. The molecule has 1 aromatic heterocycles. The number of amides is 1. The van der Waals surface area contributed by atoms with Crippen LogP contribution in [-0.4, -0.2) is 41.8 Å². The zero-order chi connectivity index (χ0) is 17.0. The summed E-state index contributed by atoms with van der Waals surface area (Å²) in [5, 5.41) is 13.2. The van der Waals surface area contributed by atoms with E-state index >= 15 is 0 Å². The maximum Gasteiger partial charge on any atom is 0.239 e. The van der Waals surface area contributed by atoms with Crippen LogP contribution in [0.2, 0.25) is 0 Å². The van der Waals surface area contributed by atoms with E-state index in [2.05, 4.69) is 26.0 Å². The standard InChI is InChI=1S/C17H24N6O/c1-18-17(19-9-5-11-23-12-6-10-22-23)21-14-16(24)20-13-15-7-3-2-4-8-15/h2-4,6-8,10,12H,5,9,11,13-14H2,1H3,(H,20,24)(H2,18,19,21). The largest absolute Gasteiger partial charge is 0.356 e. The average molecular weight is 328 g/mol. The first-order chi connectivity index (χ1) is 11.8. The molecule has 0 saturated heterocycles. The second-order valence-corrected chi connectivity index (χ2v) is 5.24. The van der Waals surface area contributed by atoms with Crippen LogP contribution in [0.4, 0.5) is 0 Å². The number of carbonyl (C=O) groups is 1. The van der Waals surface area contributed by atoms with Gasteiger partial charge in [0.25, 0.3) is 0 Å². The van der Waals surface area contributed by atoms with Gasteiger partial charge in [-0.25, -0.2) is 0 Å². The Labute approximate surface area is 142 Å². The first-order valence-corrected chi connectivity index (χ1v) is 8.00. The second-order valence-electron chi connectivity index (χ2n) is 5.24.